The average molecular weight is 354 g/mol. The quantitative estimate of drug-likeness (QED) is 0.772. The SMILES string of the molecule is COc1ccc(CCOC(=O)CCc2c(C)[nH]c(=O)c(C#N)c2C)cc1. The van der Waals surface area contributed by atoms with Gasteiger partial charge in [-0.05, 0) is 49.1 Å². The number of hydrogen-bond donors (Lipinski definition) is 1. The van der Waals surface area contributed by atoms with Gasteiger partial charge in [-0.15, -0.1) is 0 Å². The molecular formula is C20H22N2O4. The van der Waals surface area contributed by atoms with Gasteiger partial charge in [-0.3, -0.25) is 9.59 Å². The number of aromatic amines is 1. The highest BCUT2D eigenvalue weighted by Gasteiger charge is 2.13. The zero-order valence-corrected chi connectivity index (χ0v) is 15.2. The summed E-state index contributed by atoms with van der Waals surface area (Å²) in [6, 6.07) is 9.51. The molecule has 0 radical (unpaired) electrons. The van der Waals surface area contributed by atoms with Crippen LogP contribution in [0.15, 0.2) is 29.1 Å². The van der Waals surface area contributed by atoms with Gasteiger partial charge in [-0.2, -0.15) is 5.26 Å². The summed E-state index contributed by atoms with van der Waals surface area (Å²) in [6.45, 7) is 3.79. The highest BCUT2D eigenvalue weighted by atomic mass is 16.5. The van der Waals surface area contributed by atoms with Crippen LogP contribution in [-0.2, 0) is 22.4 Å². The Bertz CT molecular complexity index is 876. The predicted octanol–water partition coefficient (Wildman–Crippen LogP) is 2.59. The van der Waals surface area contributed by atoms with E-state index < -0.39 is 5.56 Å². The molecule has 0 spiro atoms. The zero-order chi connectivity index (χ0) is 19.1. The van der Waals surface area contributed by atoms with E-state index in [-0.39, 0.29) is 18.0 Å². The number of ether oxygens (including phenoxy) is 2. The largest absolute Gasteiger partial charge is 0.497 e. The highest BCUT2D eigenvalue weighted by Crippen LogP contribution is 2.15. The van der Waals surface area contributed by atoms with E-state index in [1.165, 1.54) is 0 Å². The maximum Gasteiger partial charge on any atom is 0.306 e. The number of benzene rings is 1. The molecule has 0 amide bonds. The summed E-state index contributed by atoms with van der Waals surface area (Å²) in [7, 11) is 1.61. The van der Waals surface area contributed by atoms with Gasteiger partial charge in [-0.25, -0.2) is 0 Å². The number of esters is 1. The number of rotatable bonds is 7. The Morgan fingerprint density at radius 3 is 2.50 bits per heavy atom. The maximum absolute atomic E-state index is 12.0. The number of carbonyl (C=O) groups is 1. The minimum atomic E-state index is -0.395. The Morgan fingerprint density at radius 1 is 1.19 bits per heavy atom. The summed E-state index contributed by atoms with van der Waals surface area (Å²) in [4.78, 5) is 26.3. The summed E-state index contributed by atoms with van der Waals surface area (Å²) in [5, 5.41) is 9.08. The van der Waals surface area contributed by atoms with Crippen LogP contribution in [-0.4, -0.2) is 24.7 Å². The molecule has 0 aliphatic carbocycles. The van der Waals surface area contributed by atoms with Gasteiger partial charge in [0.05, 0.1) is 13.7 Å². The Balaban J connectivity index is 1.87. The molecular weight excluding hydrogens is 332 g/mol. The molecule has 0 atom stereocenters. The molecule has 1 aromatic carbocycles. The summed E-state index contributed by atoms with van der Waals surface area (Å²) in [5.41, 5.74) is 2.88. The Hall–Kier alpha value is -3.07. The topological polar surface area (TPSA) is 92.2 Å². The molecule has 1 N–H and O–H groups in total. The van der Waals surface area contributed by atoms with Gasteiger partial charge >= 0.3 is 5.97 Å². The first kappa shape index (κ1) is 19.3. The average Bonchev–Trinajstić information content (AvgIpc) is 2.62. The van der Waals surface area contributed by atoms with Gasteiger partial charge in [0.2, 0.25) is 0 Å². The molecule has 0 unspecified atom stereocenters. The van der Waals surface area contributed by atoms with Crippen molar-refractivity contribution in [2.45, 2.75) is 33.1 Å². The van der Waals surface area contributed by atoms with Crippen molar-refractivity contribution in [2.24, 2.45) is 0 Å². The van der Waals surface area contributed by atoms with Crippen LogP contribution in [0.3, 0.4) is 0 Å². The van der Waals surface area contributed by atoms with Crippen molar-refractivity contribution in [3.05, 3.63) is 62.6 Å². The molecule has 0 aliphatic heterocycles. The zero-order valence-electron chi connectivity index (χ0n) is 15.2. The standard InChI is InChI=1S/C20H22N2O4/c1-13-17(14(2)22-20(24)18(13)12-21)8-9-19(23)26-11-10-15-4-6-16(25-3)7-5-15/h4-7H,8-11H2,1-3H3,(H,22,24). The molecule has 0 bridgehead atoms. The number of aryl methyl sites for hydroxylation is 1. The predicted molar refractivity (Wildman–Crippen MR) is 97.2 cm³/mol. The number of aromatic nitrogens is 1. The van der Waals surface area contributed by atoms with Crippen molar-refractivity contribution < 1.29 is 14.3 Å². The first-order valence-electron chi connectivity index (χ1n) is 8.37. The van der Waals surface area contributed by atoms with Crippen LogP contribution in [0.25, 0.3) is 0 Å². The summed E-state index contributed by atoms with van der Waals surface area (Å²) in [5.74, 6) is 0.483. The number of carbonyl (C=O) groups excluding carboxylic acids is 1. The second kappa shape index (κ2) is 8.86. The van der Waals surface area contributed by atoms with E-state index in [0.717, 1.165) is 16.9 Å². The summed E-state index contributed by atoms with van der Waals surface area (Å²) < 4.78 is 10.4. The molecule has 0 saturated heterocycles. The first-order chi connectivity index (χ1) is 12.5. The van der Waals surface area contributed by atoms with E-state index in [9.17, 15) is 9.59 Å². The van der Waals surface area contributed by atoms with E-state index in [1.54, 1.807) is 21.0 Å². The molecule has 2 aromatic rings. The molecule has 0 aliphatic rings. The van der Waals surface area contributed by atoms with Crippen LogP contribution in [0, 0.1) is 25.2 Å². The van der Waals surface area contributed by atoms with Crippen molar-refractivity contribution in [1.29, 1.82) is 5.26 Å². The minimum absolute atomic E-state index is 0.0958. The van der Waals surface area contributed by atoms with E-state index in [1.807, 2.05) is 30.3 Å². The monoisotopic (exact) mass is 354 g/mol. The van der Waals surface area contributed by atoms with Crippen LogP contribution in [0.4, 0.5) is 0 Å². The third-order valence-electron chi connectivity index (χ3n) is 4.31. The lowest BCUT2D eigenvalue weighted by Crippen LogP contribution is -2.17. The van der Waals surface area contributed by atoms with Crippen molar-refractivity contribution in [3.63, 3.8) is 0 Å². The first-order valence-corrected chi connectivity index (χ1v) is 8.37. The molecule has 0 fully saturated rings. The lowest BCUT2D eigenvalue weighted by atomic mass is 9.99. The number of nitrogens with one attached hydrogen (secondary N) is 1. The van der Waals surface area contributed by atoms with E-state index in [0.29, 0.717) is 30.7 Å². The molecule has 6 heteroatoms. The molecule has 26 heavy (non-hydrogen) atoms. The van der Waals surface area contributed by atoms with Gasteiger partial charge in [0.25, 0.3) is 5.56 Å². The number of pyridine rings is 1. The molecule has 6 nitrogen and oxygen atoms in total. The van der Waals surface area contributed by atoms with Gasteiger partial charge in [0.1, 0.15) is 17.4 Å². The molecule has 2 rings (SSSR count). The number of nitriles is 1. The van der Waals surface area contributed by atoms with Gasteiger partial charge in [0.15, 0.2) is 0 Å². The normalized spacial score (nSPS) is 10.2. The van der Waals surface area contributed by atoms with Gasteiger partial charge < -0.3 is 14.5 Å². The van der Waals surface area contributed by atoms with Gasteiger partial charge in [-0.1, -0.05) is 12.1 Å². The van der Waals surface area contributed by atoms with Crippen LogP contribution in [0.2, 0.25) is 0 Å². The van der Waals surface area contributed by atoms with Crippen LogP contribution < -0.4 is 10.3 Å². The van der Waals surface area contributed by atoms with Crippen LogP contribution >= 0.6 is 0 Å². The maximum atomic E-state index is 12.0. The summed E-state index contributed by atoms with van der Waals surface area (Å²) in [6.07, 6.45) is 1.25. The number of hydrogen-bond acceptors (Lipinski definition) is 5. The van der Waals surface area contributed by atoms with Crippen molar-refractivity contribution in [1.82, 2.24) is 4.98 Å². The third-order valence-corrected chi connectivity index (χ3v) is 4.31. The molecule has 1 aromatic heterocycles. The second-order valence-corrected chi connectivity index (χ2v) is 5.99. The Kier molecular flexibility index (Phi) is 6.56. The Morgan fingerprint density at radius 2 is 1.88 bits per heavy atom. The molecule has 136 valence electrons. The molecule has 0 saturated carbocycles. The second-order valence-electron chi connectivity index (χ2n) is 5.99. The number of nitrogens with zero attached hydrogens (tertiary/aromatic N) is 1. The third kappa shape index (κ3) is 4.73. The van der Waals surface area contributed by atoms with Gasteiger partial charge in [0, 0.05) is 18.5 Å². The Labute approximate surface area is 152 Å². The molecule has 1 heterocycles. The lowest BCUT2D eigenvalue weighted by Gasteiger charge is -2.11. The highest BCUT2D eigenvalue weighted by molar-refractivity contribution is 5.70. The minimum Gasteiger partial charge on any atom is -0.497 e. The smallest absolute Gasteiger partial charge is 0.306 e. The van der Waals surface area contributed by atoms with E-state index in [2.05, 4.69) is 4.98 Å². The van der Waals surface area contributed by atoms with Crippen molar-refractivity contribution >= 4 is 5.97 Å². The van der Waals surface area contributed by atoms with Crippen LogP contribution in [0.5, 0.6) is 5.75 Å². The fraction of sp³-hybridized carbons (Fsp3) is 0.350. The lowest BCUT2D eigenvalue weighted by molar-refractivity contribution is -0.143. The number of H-pyrrole nitrogens is 1. The fourth-order valence-corrected chi connectivity index (χ4v) is 2.79. The summed E-state index contributed by atoms with van der Waals surface area (Å²) >= 11 is 0. The van der Waals surface area contributed by atoms with Crippen molar-refractivity contribution in [3.8, 4) is 11.8 Å². The van der Waals surface area contributed by atoms with Crippen LogP contribution in [0.1, 0.15) is 34.4 Å². The van der Waals surface area contributed by atoms with E-state index >= 15 is 0 Å². The number of methoxy groups -OCH3 is 1. The van der Waals surface area contributed by atoms with Crippen molar-refractivity contribution in [2.75, 3.05) is 13.7 Å². The van der Waals surface area contributed by atoms with E-state index in [4.69, 9.17) is 14.7 Å². The fourth-order valence-electron chi connectivity index (χ4n) is 2.79.